The van der Waals surface area contributed by atoms with E-state index in [1.54, 1.807) is 6.33 Å². The molecule has 11 rings (SSSR count). The Morgan fingerprint density at radius 1 is 0.361 bits per heavy atom. The van der Waals surface area contributed by atoms with Crippen LogP contribution in [0.3, 0.4) is 0 Å². The summed E-state index contributed by atoms with van der Waals surface area (Å²) in [4.78, 5) is 10.6. The Morgan fingerprint density at radius 2 is 0.820 bits per heavy atom. The lowest BCUT2D eigenvalue weighted by Crippen LogP contribution is -2.09. The van der Waals surface area contributed by atoms with Crippen molar-refractivity contribution in [3.63, 3.8) is 0 Å². The number of aromatic nitrogens is 2. The third kappa shape index (κ3) is 7.35. The lowest BCUT2D eigenvalue weighted by atomic mass is 9.84. The van der Waals surface area contributed by atoms with Crippen molar-refractivity contribution in [1.82, 2.24) is 9.97 Å². The lowest BCUT2D eigenvalue weighted by molar-refractivity contribution is 0.885. The molecule has 2 unspecified atom stereocenters. The first-order valence-corrected chi connectivity index (χ1v) is 21.7. The Kier molecular flexibility index (Phi) is 9.65. The molecule has 1 aliphatic carbocycles. The molecule has 3 heteroatoms. The number of hydrogen-bond donors (Lipinski definition) is 0. The summed E-state index contributed by atoms with van der Waals surface area (Å²) in [5.74, 6) is 0.241. The van der Waals surface area contributed by atoms with Crippen molar-refractivity contribution >= 4 is 17.3 Å². The molecule has 2 nitrogen and oxygen atoms in total. The van der Waals surface area contributed by atoms with Crippen molar-refractivity contribution in [1.29, 1.82) is 0 Å². The van der Waals surface area contributed by atoms with Gasteiger partial charge in [0.15, 0.2) is 0 Å². The van der Waals surface area contributed by atoms with Crippen LogP contribution in [0.4, 0.5) is 0 Å². The van der Waals surface area contributed by atoms with Crippen LogP contribution in [0.1, 0.15) is 17.0 Å². The van der Waals surface area contributed by atoms with E-state index in [0.29, 0.717) is 5.25 Å². The SMILES string of the molecule is C1=CC2Sc3c(-c4cccc(-c5cccc(-c6cc(-c7ccccc7)ncn6)c5)c4)cc(-c4cccc(-c5ccccc5)c4)cc3C2C=C1c1cccc(-c2ccccc2)c1. The quantitative estimate of drug-likeness (QED) is 0.153. The van der Waals surface area contributed by atoms with Gasteiger partial charge in [-0.15, -0.1) is 11.8 Å². The summed E-state index contributed by atoms with van der Waals surface area (Å²) in [7, 11) is 0. The van der Waals surface area contributed by atoms with Gasteiger partial charge in [-0.2, -0.15) is 0 Å². The number of fused-ring (bicyclic) bond motifs is 3. The summed E-state index contributed by atoms with van der Waals surface area (Å²) in [6, 6.07) is 74.4. The van der Waals surface area contributed by atoms with Gasteiger partial charge in [0.05, 0.1) is 11.4 Å². The van der Waals surface area contributed by atoms with E-state index in [4.69, 9.17) is 4.98 Å². The predicted molar refractivity (Wildman–Crippen MR) is 256 cm³/mol. The monoisotopic (exact) mass is 796 g/mol. The first-order chi connectivity index (χ1) is 30.2. The molecule has 0 spiro atoms. The van der Waals surface area contributed by atoms with Gasteiger partial charge in [0, 0.05) is 27.2 Å². The maximum Gasteiger partial charge on any atom is 0.116 e. The van der Waals surface area contributed by atoms with Crippen molar-refractivity contribution in [3.8, 4) is 78.1 Å². The first kappa shape index (κ1) is 36.7. The molecule has 0 amide bonds. The van der Waals surface area contributed by atoms with Crippen LogP contribution in [0.5, 0.6) is 0 Å². The van der Waals surface area contributed by atoms with E-state index in [9.17, 15) is 0 Å². The van der Waals surface area contributed by atoms with Crippen molar-refractivity contribution in [2.24, 2.45) is 0 Å². The van der Waals surface area contributed by atoms with Crippen LogP contribution in [0.15, 0.2) is 236 Å². The largest absolute Gasteiger partial charge is 0.236 e. The topological polar surface area (TPSA) is 25.8 Å². The highest BCUT2D eigenvalue weighted by Gasteiger charge is 2.35. The average Bonchev–Trinajstić information content (AvgIpc) is 3.73. The molecule has 0 saturated carbocycles. The summed E-state index contributed by atoms with van der Waals surface area (Å²) in [6.07, 6.45) is 8.94. The zero-order valence-corrected chi connectivity index (χ0v) is 34.2. The number of nitrogens with zero attached hydrogens (tertiary/aromatic N) is 2. The van der Waals surface area contributed by atoms with Gasteiger partial charge in [0.1, 0.15) is 6.33 Å². The maximum atomic E-state index is 4.69. The molecular formula is C58H40N2S. The van der Waals surface area contributed by atoms with Crippen LogP contribution in [-0.4, -0.2) is 15.2 Å². The van der Waals surface area contributed by atoms with Crippen LogP contribution in [-0.2, 0) is 0 Å². The van der Waals surface area contributed by atoms with Crippen molar-refractivity contribution in [2.75, 3.05) is 0 Å². The van der Waals surface area contributed by atoms with Gasteiger partial charge in [-0.1, -0.05) is 182 Å². The molecule has 0 N–H and O–H groups in total. The second-order valence-corrected chi connectivity index (χ2v) is 16.9. The van der Waals surface area contributed by atoms with Gasteiger partial charge in [-0.25, -0.2) is 9.97 Å². The third-order valence-electron chi connectivity index (χ3n) is 11.9. The van der Waals surface area contributed by atoms with E-state index < -0.39 is 0 Å². The molecule has 0 bridgehead atoms. The summed E-state index contributed by atoms with van der Waals surface area (Å²) < 4.78 is 0. The Balaban J connectivity index is 1.00. The fourth-order valence-electron chi connectivity index (χ4n) is 8.81. The predicted octanol–water partition coefficient (Wildman–Crippen LogP) is 15.4. The molecule has 9 aromatic rings. The lowest BCUT2D eigenvalue weighted by Gasteiger charge is -2.20. The van der Waals surface area contributed by atoms with Crippen molar-refractivity contribution < 1.29 is 0 Å². The fourth-order valence-corrected chi connectivity index (χ4v) is 10.2. The highest BCUT2D eigenvalue weighted by molar-refractivity contribution is 8.00. The Labute approximate surface area is 361 Å². The Hall–Kier alpha value is -7.33. The minimum atomic E-state index is 0.241. The third-order valence-corrected chi connectivity index (χ3v) is 13.3. The van der Waals surface area contributed by atoms with E-state index >= 15 is 0 Å². The number of allylic oxidation sites excluding steroid dienone is 3. The standard InChI is InChI=1S/C58H40N2S/c1-4-14-39(15-5-1)42-20-10-22-44(30-42)48-28-29-57-53(34-48)54-36-51(47-25-11-21-43(31-47)40-16-6-2-7-17-40)35-52(58(54)61-57)49-26-12-23-45(32-49)46-24-13-27-50(33-46)56-37-55(59-38-60-56)41-18-8-3-9-19-41/h1-38,53,57H. The van der Waals surface area contributed by atoms with Gasteiger partial charge in [0.2, 0.25) is 0 Å². The van der Waals surface area contributed by atoms with Crippen LogP contribution in [0, 0.1) is 0 Å². The van der Waals surface area contributed by atoms with Gasteiger partial charge in [-0.05, 0) is 115 Å². The van der Waals surface area contributed by atoms with E-state index in [1.807, 2.05) is 30.0 Å². The fraction of sp³-hybridized carbons (Fsp3) is 0.0345. The van der Waals surface area contributed by atoms with Gasteiger partial charge in [-0.3, -0.25) is 0 Å². The summed E-state index contributed by atoms with van der Waals surface area (Å²) in [5.41, 5.74) is 20.0. The zero-order valence-electron chi connectivity index (χ0n) is 33.4. The normalized spacial score (nSPS) is 15.2. The van der Waals surface area contributed by atoms with Crippen molar-refractivity contribution in [3.05, 3.63) is 242 Å². The molecule has 0 saturated heterocycles. The molecule has 0 fully saturated rings. The minimum absolute atomic E-state index is 0.241. The zero-order chi connectivity index (χ0) is 40.5. The Bertz CT molecular complexity index is 3110. The highest BCUT2D eigenvalue weighted by Crippen LogP contribution is 2.54. The molecule has 2 heterocycles. The van der Waals surface area contributed by atoms with Crippen LogP contribution in [0.2, 0.25) is 0 Å². The molecule has 8 aromatic carbocycles. The molecule has 61 heavy (non-hydrogen) atoms. The smallest absolute Gasteiger partial charge is 0.116 e. The Morgan fingerprint density at radius 3 is 1.46 bits per heavy atom. The highest BCUT2D eigenvalue weighted by atomic mass is 32.2. The van der Waals surface area contributed by atoms with E-state index in [-0.39, 0.29) is 5.92 Å². The molecule has 1 aliphatic heterocycles. The molecular weight excluding hydrogens is 757 g/mol. The molecule has 288 valence electrons. The van der Waals surface area contributed by atoms with Gasteiger partial charge < -0.3 is 0 Å². The number of rotatable bonds is 8. The van der Waals surface area contributed by atoms with Gasteiger partial charge in [0.25, 0.3) is 0 Å². The van der Waals surface area contributed by atoms with E-state index in [2.05, 4.69) is 211 Å². The van der Waals surface area contributed by atoms with Crippen LogP contribution >= 0.6 is 11.8 Å². The second kappa shape index (κ2) is 16.0. The number of hydrogen-bond acceptors (Lipinski definition) is 3. The summed E-state index contributed by atoms with van der Waals surface area (Å²) in [5, 5.41) is 0.314. The molecule has 0 radical (unpaired) electrons. The molecule has 2 aliphatic rings. The van der Waals surface area contributed by atoms with E-state index in [0.717, 1.165) is 28.1 Å². The van der Waals surface area contributed by atoms with Crippen LogP contribution in [0.25, 0.3) is 83.7 Å². The molecule has 1 aromatic heterocycles. The first-order valence-electron chi connectivity index (χ1n) is 20.9. The van der Waals surface area contributed by atoms with Crippen LogP contribution < -0.4 is 0 Å². The summed E-state index contributed by atoms with van der Waals surface area (Å²) in [6.45, 7) is 0. The molecule has 2 atom stereocenters. The second-order valence-electron chi connectivity index (χ2n) is 15.7. The summed E-state index contributed by atoms with van der Waals surface area (Å²) >= 11 is 2.00. The maximum absolute atomic E-state index is 4.69. The minimum Gasteiger partial charge on any atom is -0.236 e. The van der Waals surface area contributed by atoms with Crippen molar-refractivity contribution in [2.45, 2.75) is 16.1 Å². The average molecular weight is 797 g/mol. The number of benzene rings is 8. The number of thioether (sulfide) groups is 1. The van der Waals surface area contributed by atoms with E-state index in [1.165, 1.54) is 71.7 Å². The van der Waals surface area contributed by atoms with Gasteiger partial charge >= 0.3 is 0 Å².